The molecule has 1 rings (SSSR count). The molecule has 0 saturated heterocycles. The normalized spacial score (nSPS) is 11.2. The van der Waals surface area contributed by atoms with Gasteiger partial charge in [0, 0.05) is 0 Å². The van der Waals surface area contributed by atoms with Crippen LogP contribution >= 0.6 is 11.8 Å². The van der Waals surface area contributed by atoms with Gasteiger partial charge in [0.25, 0.3) is 0 Å². The second kappa shape index (κ2) is 8.07. The van der Waals surface area contributed by atoms with E-state index in [1.807, 2.05) is 12.3 Å². The number of nitrogens with zero attached hydrogens (tertiary/aromatic N) is 1. The Balaban J connectivity index is 2.66. The maximum Gasteiger partial charge on any atom is 0.326 e. The van der Waals surface area contributed by atoms with E-state index in [1.54, 1.807) is 24.3 Å². The first-order chi connectivity index (χ1) is 9.58. The highest BCUT2D eigenvalue weighted by Crippen LogP contribution is 2.13. The summed E-state index contributed by atoms with van der Waals surface area (Å²) in [5, 5.41) is 22.8. The monoisotopic (exact) mass is 293 g/mol. The van der Waals surface area contributed by atoms with Crippen LogP contribution in [0.2, 0.25) is 0 Å². The SMILES string of the molecule is CSCCC(NC(=O)Nc1ccccc1C#N)C(=O)O. The fourth-order valence-corrected chi connectivity index (χ4v) is 1.97. The third-order valence-corrected chi connectivity index (χ3v) is 3.15. The molecule has 106 valence electrons. The van der Waals surface area contributed by atoms with E-state index in [4.69, 9.17) is 10.4 Å². The van der Waals surface area contributed by atoms with Gasteiger partial charge < -0.3 is 15.7 Å². The summed E-state index contributed by atoms with van der Waals surface area (Å²) < 4.78 is 0. The lowest BCUT2D eigenvalue weighted by atomic mass is 10.2. The van der Waals surface area contributed by atoms with Crippen LogP contribution < -0.4 is 10.6 Å². The Labute approximate surface area is 121 Å². The molecule has 6 nitrogen and oxygen atoms in total. The van der Waals surface area contributed by atoms with Gasteiger partial charge in [0.2, 0.25) is 0 Å². The van der Waals surface area contributed by atoms with Gasteiger partial charge in [-0.15, -0.1) is 0 Å². The van der Waals surface area contributed by atoms with Gasteiger partial charge >= 0.3 is 12.0 Å². The molecule has 7 heteroatoms. The molecule has 1 atom stereocenters. The largest absolute Gasteiger partial charge is 0.480 e. The van der Waals surface area contributed by atoms with Crippen LogP contribution in [0.1, 0.15) is 12.0 Å². The fraction of sp³-hybridized carbons (Fsp3) is 0.308. The number of benzene rings is 1. The van der Waals surface area contributed by atoms with Gasteiger partial charge in [-0.2, -0.15) is 17.0 Å². The minimum absolute atomic E-state index is 0.318. The zero-order chi connectivity index (χ0) is 15.0. The van der Waals surface area contributed by atoms with Crippen LogP contribution in [-0.2, 0) is 4.79 Å². The highest BCUT2D eigenvalue weighted by atomic mass is 32.2. The summed E-state index contributed by atoms with van der Waals surface area (Å²) >= 11 is 1.51. The topological polar surface area (TPSA) is 102 Å². The Morgan fingerprint density at radius 1 is 1.45 bits per heavy atom. The second-order valence-electron chi connectivity index (χ2n) is 3.93. The highest BCUT2D eigenvalue weighted by molar-refractivity contribution is 7.98. The van der Waals surface area contributed by atoms with Gasteiger partial charge in [0.15, 0.2) is 0 Å². The third-order valence-electron chi connectivity index (χ3n) is 2.51. The lowest BCUT2D eigenvalue weighted by Crippen LogP contribution is -2.43. The molecule has 0 saturated carbocycles. The first kappa shape index (κ1) is 15.9. The summed E-state index contributed by atoms with van der Waals surface area (Å²) in [5.41, 5.74) is 0.667. The number of nitriles is 1. The quantitative estimate of drug-likeness (QED) is 0.743. The Morgan fingerprint density at radius 2 is 2.15 bits per heavy atom. The number of urea groups is 1. The zero-order valence-electron chi connectivity index (χ0n) is 10.9. The van der Waals surface area contributed by atoms with E-state index in [0.717, 1.165) is 0 Å². The van der Waals surface area contributed by atoms with Crippen LogP contribution in [-0.4, -0.2) is 35.2 Å². The van der Waals surface area contributed by atoms with Crippen molar-refractivity contribution < 1.29 is 14.7 Å². The van der Waals surface area contributed by atoms with Gasteiger partial charge in [0.1, 0.15) is 12.1 Å². The van der Waals surface area contributed by atoms with Crippen molar-refractivity contribution in [2.75, 3.05) is 17.3 Å². The number of nitrogens with one attached hydrogen (secondary N) is 2. The standard InChI is InChI=1S/C13H15N3O3S/c1-20-7-6-11(12(17)18)16-13(19)15-10-5-3-2-4-9(10)8-14/h2-5,11H,6-7H2,1H3,(H,17,18)(H2,15,16,19). The van der Waals surface area contributed by atoms with E-state index in [9.17, 15) is 9.59 Å². The summed E-state index contributed by atoms with van der Waals surface area (Å²) in [7, 11) is 0. The second-order valence-corrected chi connectivity index (χ2v) is 4.91. The summed E-state index contributed by atoms with van der Waals surface area (Å²) in [4.78, 5) is 22.8. The van der Waals surface area contributed by atoms with E-state index in [-0.39, 0.29) is 0 Å². The molecule has 0 aromatic heterocycles. The number of anilines is 1. The van der Waals surface area contributed by atoms with E-state index >= 15 is 0 Å². The van der Waals surface area contributed by atoms with Crippen LogP contribution in [0.5, 0.6) is 0 Å². The summed E-state index contributed by atoms with van der Waals surface area (Å²) in [6.07, 6.45) is 2.20. The van der Waals surface area contributed by atoms with Gasteiger partial charge in [-0.25, -0.2) is 9.59 Å². The van der Waals surface area contributed by atoms with Crippen LogP contribution in [0.4, 0.5) is 10.5 Å². The maximum atomic E-state index is 11.8. The van der Waals surface area contributed by atoms with Crippen molar-refractivity contribution in [3.05, 3.63) is 29.8 Å². The Hall–Kier alpha value is -2.20. The van der Waals surface area contributed by atoms with E-state index in [2.05, 4.69) is 10.6 Å². The van der Waals surface area contributed by atoms with Crippen molar-refractivity contribution in [2.45, 2.75) is 12.5 Å². The highest BCUT2D eigenvalue weighted by Gasteiger charge is 2.19. The van der Waals surface area contributed by atoms with Gasteiger partial charge in [0.05, 0.1) is 11.3 Å². The molecule has 1 aromatic rings. The van der Waals surface area contributed by atoms with Crippen LogP contribution in [0.15, 0.2) is 24.3 Å². The van der Waals surface area contributed by atoms with E-state index < -0.39 is 18.0 Å². The molecular weight excluding hydrogens is 278 g/mol. The van der Waals surface area contributed by atoms with Crippen molar-refractivity contribution in [3.8, 4) is 6.07 Å². The molecule has 0 aliphatic carbocycles. The van der Waals surface area contributed by atoms with Crippen LogP contribution in [0.25, 0.3) is 0 Å². The molecule has 0 aliphatic heterocycles. The smallest absolute Gasteiger partial charge is 0.326 e. The number of amides is 2. The number of rotatable bonds is 6. The molecule has 0 spiro atoms. The summed E-state index contributed by atoms with van der Waals surface area (Å²) in [6.45, 7) is 0. The number of carboxylic acids is 1. The number of carbonyl (C=O) groups excluding carboxylic acids is 1. The lowest BCUT2D eigenvalue weighted by molar-refractivity contribution is -0.139. The Morgan fingerprint density at radius 3 is 2.75 bits per heavy atom. The molecule has 3 N–H and O–H groups in total. The van der Waals surface area contributed by atoms with Crippen LogP contribution in [0, 0.1) is 11.3 Å². The fourth-order valence-electron chi connectivity index (χ4n) is 1.50. The molecule has 0 fully saturated rings. The first-order valence-electron chi connectivity index (χ1n) is 5.87. The third kappa shape index (κ3) is 4.82. The number of hydrogen-bond donors (Lipinski definition) is 3. The predicted octanol–water partition coefficient (Wildman–Crippen LogP) is 1.89. The van der Waals surface area contributed by atoms with E-state index in [0.29, 0.717) is 23.4 Å². The summed E-state index contributed by atoms with van der Waals surface area (Å²) in [5.74, 6) is -0.450. The molecule has 0 radical (unpaired) electrons. The van der Waals surface area contributed by atoms with E-state index in [1.165, 1.54) is 11.8 Å². The molecule has 1 aromatic carbocycles. The Kier molecular flexibility index (Phi) is 6.40. The zero-order valence-corrected chi connectivity index (χ0v) is 11.7. The predicted molar refractivity (Wildman–Crippen MR) is 77.7 cm³/mol. The average molecular weight is 293 g/mol. The van der Waals surface area contributed by atoms with Crippen molar-refractivity contribution in [2.24, 2.45) is 0 Å². The molecule has 0 heterocycles. The average Bonchev–Trinajstić information content (AvgIpc) is 2.43. The molecule has 0 bridgehead atoms. The number of thioether (sulfide) groups is 1. The van der Waals surface area contributed by atoms with Crippen molar-refractivity contribution in [1.29, 1.82) is 5.26 Å². The minimum Gasteiger partial charge on any atom is -0.480 e. The maximum absolute atomic E-state index is 11.8. The lowest BCUT2D eigenvalue weighted by Gasteiger charge is -2.15. The van der Waals surface area contributed by atoms with Gasteiger partial charge in [-0.1, -0.05) is 12.1 Å². The number of carbonyl (C=O) groups is 2. The van der Waals surface area contributed by atoms with Crippen molar-refractivity contribution in [1.82, 2.24) is 5.32 Å². The minimum atomic E-state index is -1.08. The number of para-hydroxylation sites is 1. The molecule has 1 unspecified atom stereocenters. The molecule has 0 aliphatic rings. The van der Waals surface area contributed by atoms with Crippen LogP contribution in [0.3, 0.4) is 0 Å². The first-order valence-corrected chi connectivity index (χ1v) is 7.26. The molecular formula is C13H15N3O3S. The Bertz CT molecular complexity index is 528. The summed E-state index contributed by atoms with van der Waals surface area (Å²) in [6, 6.07) is 6.87. The number of aliphatic carboxylic acids is 1. The van der Waals surface area contributed by atoms with Crippen molar-refractivity contribution in [3.63, 3.8) is 0 Å². The molecule has 2 amide bonds. The number of hydrogen-bond acceptors (Lipinski definition) is 4. The van der Waals surface area contributed by atoms with Gasteiger partial charge in [-0.05, 0) is 30.6 Å². The van der Waals surface area contributed by atoms with Gasteiger partial charge in [-0.3, -0.25) is 0 Å². The molecule has 20 heavy (non-hydrogen) atoms. The van der Waals surface area contributed by atoms with Crippen molar-refractivity contribution >= 4 is 29.4 Å². The number of carboxylic acid groups (broad SMARTS) is 1.